The van der Waals surface area contributed by atoms with E-state index in [0.717, 1.165) is 11.4 Å². The molecular weight excluding hydrogens is 353 g/mol. The van der Waals surface area contributed by atoms with Crippen LogP contribution >= 0.6 is 11.6 Å². The normalized spacial score (nSPS) is 21.2. The third-order valence-corrected chi connectivity index (χ3v) is 5.20. The number of hydrogen-bond acceptors (Lipinski definition) is 4. The van der Waals surface area contributed by atoms with Crippen molar-refractivity contribution in [3.05, 3.63) is 64.2 Å². The van der Waals surface area contributed by atoms with Crippen molar-refractivity contribution in [1.82, 2.24) is 4.98 Å². The van der Waals surface area contributed by atoms with Gasteiger partial charge in [-0.05, 0) is 36.1 Å². The number of hydrogen-bond donors (Lipinski definition) is 2. The number of Topliss-reactive ketones (excluding diaryl/α,β-unsaturated/α-hetero) is 1. The SMILES string of the molecule is CC1(C)CC(=O)C2=C(C1)Nc1cccnc1NC2c1c(F)cccc1Cl. The highest BCUT2D eigenvalue weighted by Gasteiger charge is 2.40. The predicted molar refractivity (Wildman–Crippen MR) is 101 cm³/mol. The third-order valence-electron chi connectivity index (χ3n) is 4.87. The summed E-state index contributed by atoms with van der Waals surface area (Å²) < 4.78 is 14.7. The van der Waals surface area contributed by atoms with E-state index in [2.05, 4.69) is 29.5 Å². The van der Waals surface area contributed by atoms with Crippen LogP contribution in [0.3, 0.4) is 0 Å². The molecule has 0 amide bonds. The van der Waals surface area contributed by atoms with Crippen LogP contribution in [0.15, 0.2) is 47.8 Å². The van der Waals surface area contributed by atoms with Crippen LogP contribution in [-0.4, -0.2) is 10.8 Å². The molecule has 4 rings (SSSR count). The third kappa shape index (κ3) is 2.86. The lowest BCUT2D eigenvalue weighted by Gasteiger charge is -2.34. The van der Waals surface area contributed by atoms with E-state index in [1.54, 1.807) is 18.3 Å². The summed E-state index contributed by atoms with van der Waals surface area (Å²) in [5.74, 6) is 0.115. The first-order valence-electron chi connectivity index (χ1n) is 8.54. The number of nitrogens with one attached hydrogen (secondary N) is 2. The number of allylic oxidation sites excluding steroid dienone is 1. The van der Waals surface area contributed by atoms with Crippen LogP contribution in [-0.2, 0) is 4.79 Å². The summed E-state index contributed by atoms with van der Waals surface area (Å²) in [6.45, 7) is 4.12. The topological polar surface area (TPSA) is 54.0 Å². The average molecular weight is 372 g/mol. The van der Waals surface area contributed by atoms with E-state index >= 15 is 0 Å². The second-order valence-corrected chi connectivity index (χ2v) is 7.98. The summed E-state index contributed by atoms with van der Waals surface area (Å²) in [5.41, 5.74) is 2.21. The van der Waals surface area contributed by atoms with Crippen molar-refractivity contribution in [2.45, 2.75) is 32.7 Å². The number of pyridine rings is 1. The summed E-state index contributed by atoms with van der Waals surface area (Å²) in [6.07, 6.45) is 2.75. The number of nitrogens with zero attached hydrogens (tertiary/aromatic N) is 1. The van der Waals surface area contributed by atoms with E-state index in [1.165, 1.54) is 6.07 Å². The highest BCUT2D eigenvalue weighted by molar-refractivity contribution is 6.31. The zero-order valence-corrected chi connectivity index (χ0v) is 15.3. The fraction of sp³-hybridized carbons (Fsp3) is 0.300. The van der Waals surface area contributed by atoms with E-state index in [1.807, 2.05) is 12.1 Å². The Labute approximate surface area is 156 Å². The van der Waals surface area contributed by atoms with Crippen LogP contribution < -0.4 is 10.6 Å². The van der Waals surface area contributed by atoms with Gasteiger partial charge in [-0.2, -0.15) is 0 Å². The highest BCUT2D eigenvalue weighted by atomic mass is 35.5. The molecule has 134 valence electrons. The molecule has 0 saturated carbocycles. The van der Waals surface area contributed by atoms with Gasteiger partial charge in [-0.15, -0.1) is 0 Å². The predicted octanol–water partition coefficient (Wildman–Crippen LogP) is 5.10. The first kappa shape index (κ1) is 17.0. The minimum absolute atomic E-state index is 0.00613. The summed E-state index contributed by atoms with van der Waals surface area (Å²) in [7, 11) is 0. The van der Waals surface area contributed by atoms with Crippen LogP contribution in [0.1, 0.15) is 38.3 Å². The van der Waals surface area contributed by atoms with Gasteiger partial charge in [-0.3, -0.25) is 4.79 Å². The number of halogens is 2. The van der Waals surface area contributed by atoms with Crippen LogP contribution in [0.5, 0.6) is 0 Å². The maximum Gasteiger partial charge on any atom is 0.163 e. The minimum Gasteiger partial charge on any atom is -0.357 e. The van der Waals surface area contributed by atoms with E-state index < -0.39 is 11.9 Å². The van der Waals surface area contributed by atoms with Crippen molar-refractivity contribution < 1.29 is 9.18 Å². The van der Waals surface area contributed by atoms with E-state index in [4.69, 9.17) is 11.6 Å². The van der Waals surface area contributed by atoms with Crippen LogP contribution in [0.2, 0.25) is 5.02 Å². The van der Waals surface area contributed by atoms with Crippen LogP contribution in [0.4, 0.5) is 15.9 Å². The molecule has 0 radical (unpaired) electrons. The summed E-state index contributed by atoms with van der Waals surface area (Å²) >= 11 is 6.32. The number of carbonyl (C=O) groups excluding carboxylic acids is 1. The number of benzene rings is 1. The van der Waals surface area contributed by atoms with Crippen molar-refractivity contribution in [2.24, 2.45) is 5.41 Å². The monoisotopic (exact) mass is 371 g/mol. The molecule has 0 fully saturated rings. The smallest absolute Gasteiger partial charge is 0.163 e. The Morgan fingerprint density at radius 2 is 2.04 bits per heavy atom. The molecule has 4 nitrogen and oxygen atoms in total. The molecule has 2 N–H and O–H groups in total. The van der Waals surface area contributed by atoms with Gasteiger partial charge in [0.1, 0.15) is 11.6 Å². The van der Waals surface area contributed by atoms with Gasteiger partial charge in [0.2, 0.25) is 0 Å². The Hall–Kier alpha value is -2.40. The molecule has 2 heterocycles. The molecule has 0 spiro atoms. The lowest BCUT2D eigenvalue weighted by molar-refractivity contribution is -0.118. The Morgan fingerprint density at radius 1 is 1.23 bits per heavy atom. The maximum atomic E-state index is 14.7. The zero-order valence-electron chi connectivity index (χ0n) is 14.6. The fourth-order valence-electron chi connectivity index (χ4n) is 3.78. The van der Waals surface area contributed by atoms with Gasteiger partial charge in [-0.25, -0.2) is 9.37 Å². The summed E-state index contributed by atoms with van der Waals surface area (Å²) in [6, 6.07) is 7.57. The zero-order chi connectivity index (χ0) is 18.5. The molecule has 1 atom stereocenters. The molecule has 1 aliphatic heterocycles. The highest BCUT2D eigenvalue weighted by Crippen LogP contribution is 2.46. The van der Waals surface area contributed by atoms with Crippen molar-refractivity contribution in [2.75, 3.05) is 10.6 Å². The lowest BCUT2D eigenvalue weighted by Crippen LogP contribution is -2.31. The number of rotatable bonds is 1. The molecule has 1 aromatic heterocycles. The first-order chi connectivity index (χ1) is 12.4. The van der Waals surface area contributed by atoms with E-state index in [0.29, 0.717) is 24.2 Å². The van der Waals surface area contributed by atoms with Gasteiger partial charge in [-0.1, -0.05) is 31.5 Å². The fourth-order valence-corrected chi connectivity index (χ4v) is 4.05. The molecule has 6 heteroatoms. The average Bonchev–Trinajstić information content (AvgIpc) is 2.70. The number of anilines is 2. The van der Waals surface area contributed by atoms with Gasteiger partial charge in [0, 0.05) is 34.5 Å². The second-order valence-electron chi connectivity index (χ2n) is 7.57. The summed E-state index contributed by atoms with van der Waals surface area (Å²) in [4.78, 5) is 17.4. The van der Waals surface area contributed by atoms with Crippen molar-refractivity contribution in [3.8, 4) is 0 Å². The van der Waals surface area contributed by atoms with Crippen molar-refractivity contribution in [1.29, 1.82) is 0 Å². The Kier molecular flexibility index (Phi) is 3.99. The quantitative estimate of drug-likeness (QED) is 0.732. The van der Waals surface area contributed by atoms with Crippen LogP contribution in [0.25, 0.3) is 0 Å². The van der Waals surface area contributed by atoms with Crippen molar-refractivity contribution in [3.63, 3.8) is 0 Å². The van der Waals surface area contributed by atoms with E-state index in [9.17, 15) is 9.18 Å². The number of aromatic nitrogens is 1. The first-order valence-corrected chi connectivity index (χ1v) is 8.92. The van der Waals surface area contributed by atoms with Gasteiger partial charge in [0.15, 0.2) is 5.78 Å². The van der Waals surface area contributed by atoms with Crippen LogP contribution in [0, 0.1) is 11.2 Å². The van der Waals surface area contributed by atoms with Crippen molar-refractivity contribution >= 4 is 28.9 Å². The van der Waals surface area contributed by atoms with Gasteiger partial charge < -0.3 is 10.6 Å². The Balaban J connectivity index is 1.95. The Morgan fingerprint density at radius 3 is 2.81 bits per heavy atom. The summed E-state index contributed by atoms with van der Waals surface area (Å²) in [5, 5.41) is 6.88. The molecule has 0 saturated heterocycles. The maximum absolute atomic E-state index is 14.7. The molecule has 1 aromatic carbocycles. The second kappa shape index (κ2) is 6.09. The molecule has 2 aromatic rings. The molecule has 26 heavy (non-hydrogen) atoms. The number of ketones is 1. The van der Waals surface area contributed by atoms with Gasteiger partial charge in [0.25, 0.3) is 0 Å². The van der Waals surface area contributed by atoms with Gasteiger partial charge in [0.05, 0.1) is 11.7 Å². The molecular formula is C20H19ClFN3O. The molecule has 2 aliphatic rings. The minimum atomic E-state index is -0.689. The lowest BCUT2D eigenvalue weighted by atomic mass is 9.73. The number of carbonyl (C=O) groups is 1. The van der Waals surface area contributed by atoms with E-state index in [-0.39, 0.29) is 21.8 Å². The molecule has 1 unspecified atom stereocenters. The molecule has 1 aliphatic carbocycles. The number of fused-ring (bicyclic) bond motifs is 1. The molecule has 0 bridgehead atoms. The standard InChI is InChI=1S/C20H19ClFN3O/c1-20(2)9-14-17(15(26)10-20)18(16-11(21)5-3-6-12(16)22)25-19-13(24-14)7-4-8-23-19/h3-8,18,24H,9-10H2,1-2H3,(H,23,25). The van der Waals surface area contributed by atoms with Gasteiger partial charge >= 0.3 is 0 Å². The largest absolute Gasteiger partial charge is 0.357 e. The Bertz CT molecular complexity index is 918.